The van der Waals surface area contributed by atoms with Gasteiger partial charge in [0.2, 0.25) is 5.89 Å². The van der Waals surface area contributed by atoms with Crippen LogP contribution in [-0.4, -0.2) is 9.55 Å². The summed E-state index contributed by atoms with van der Waals surface area (Å²) >= 11 is 0. The maximum absolute atomic E-state index is 6.91. The lowest BCUT2D eigenvalue weighted by atomic mass is 10.0. The standard InChI is InChI=1S/C51H33N3O/c1-3-16-34(17-4-1)36-20-13-23-38(32-36)53(47-31-15-29-45-50(47)55-51(52-45)43-28-14-19-35-18-7-8-24-39(35)43)48-33-44-41-26-11-12-30-46(41)54(37-21-5-2-6-22-37)49(44)42-27-10-9-25-40(42)48/h1-33H. The largest absolute Gasteiger partial charge is 0.434 e. The van der Waals surface area contributed by atoms with E-state index in [1.54, 1.807) is 0 Å². The number of fused-ring (bicyclic) bond motifs is 7. The number of benzene rings is 9. The van der Waals surface area contributed by atoms with Gasteiger partial charge in [0, 0.05) is 38.5 Å². The van der Waals surface area contributed by atoms with Gasteiger partial charge in [0.05, 0.1) is 22.4 Å². The van der Waals surface area contributed by atoms with Crippen molar-refractivity contribution in [2.24, 2.45) is 0 Å². The van der Waals surface area contributed by atoms with Gasteiger partial charge >= 0.3 is 0 Å². The topological polar surface area (TPSA) is 34.2 Å². The SMILES string of the molecule is c1ccc(-c2cccc(N(c3cc4c5ccccc5n(-c5ccccc5)c4c4ccccc34)c3cccc4nc(-c5cccc6ccccc56)oc34)c2)cc1. The van der Waals surface area contributed by atoms with Gasteiger partial charge in [-0.1, -0.05) is 146 Å². The molecule has 9 aromatic carbocycles. The predicted molar refractivity (Wildman–Crippen MR) is 229 cm³/mol. The van der Waals surface area contributed by atoms with Crippen LogP contribution < -0.4 is 4.90 Å². The first-order valence-corrected chi connectivity index (χ1v) is 18.6. The minimum Gasteiger partial charge on any atom is -0.434 e. The Hall–Kier alpha value is -7.43. The van der Waals surface area contributed by atoms with Crippen LogP contribution in [0.4, 0.5) is 17.1 Å². The molecule has 0 unspecified atom stereocenters. The Morgan fingerprint density at radius 2 is 1.11 bits per heavy atom. The normalized spacial score (nSPS) is 11.6. The van der Waals surface area contributed by atoms with Crippen LogP contribution in [0.5, 0.6) is 0 Å². The van der Waals surface area contributed by atoms with E-state index in [2.05, 4.69) is 204 Å². The van der Waals surface area contributed by atoms with Gasteiger partial charge in [-0.3, -0.25) is 0 Å². The van der Waals surface area contributed by atoms with Crippen molar-refractivity contribution in [3.63, 3.8) is 0 Å². The molecule has 11 rings (SSSR count). The Morgan fingerprint density at radius 3 is 1.96 bits per heavy atom. The summed E-state index contributed by atoms with van der Waals surface area (Å²) in [5.41, 5.74) is 11.3. The van der Waals surface area contributed by atoms with Gasteiger partial charge in [-0.2, -0.15) is 0 Å². The zero-order valence-corrected chi connectivity index (χ0v) is 29.8. The molecule has 0 bridgehead atoms. The number of aromatic nitrogens is 2. The number of hydrogen-bond donors (Lipinski definition) is 0. The third kappa shape index (κ3) is 5.03. The monoisotopic (exact) mass is 703 g/mol. The van der Waals surface area contributed by atoms with E-state index >= 15 is 0 Å². The van der Waals surface area contributed by atoms with Crippen LogP contribution in [0.3, 0.4) is 0 Å². The molecular formula is C51H33N3O. The first-order valence-electron chi connectivity index (χ1n) is 18.6. The van der Waals surface area contributed by atoms with Crippen LogP contribution >= 0.6 is 0 Å². The number of oxazole rings is 1. The lowest BCUT2D eigenvalue weighted by molar-refractivity contribution is 0.621. The highest BCUT2D eigenvalue weighted by molar-refractivity contribution is 6.23. The molecule has 258 valence electrons. The Morgan fingerprint density at radius 1 is 0.455 bits per heavy atom. The van der Waals surface area contributed by atoms with E-state index in [0.717, 1.165) is 66.7 Å². The average molecular weight is 704 g/mol. The smallest absolute Gasteiger partial charge is 0.228 e. The third-order valence-electron chi connectivity index (χ3n) is 10.8. The van der Waals surface area contributed by atoms with Gasteiger partial charge < -0.3 is 13.9 Å². The van der Waals surface area contributed by atoms with Crippen LogP contribution in [0.1, 0.15) is 0 Å². The van der Waals surface area contributed by atoms with E-state index in [0.29, 0.717) is 5.89 Å². The summed E-state index contributed by atoms with van der Waals surface area (Å²) in [5.74, 6) is 0.600. The molecule has 0 spiro atoms. The minimum absolute atomic E-state index is 0.600. The van der Waals surface area contributed by atoms with E-state index in [1.165, 1.54) is 27.2 Å². The highest BCUT2D eigenvalue weighted by Crippen LogP contribution is 2.48. The molecular weight excluding hydrogens is 671 g/mol. The van der Waals surface area contributed by atoms with Gasteiger partial charge in [0.1, 0.15) is 5.52 Å². The molecule has 0 saturated carbocycles. The molecule has 0 atom stereocenters. The van der Waals surface area contributed by atoms with Gasteiger partial charge in [0.25, 0.3) is 0 Å². The van der Waals surface area contributed by atoms with Crippen molar-refractivity contribution in [3.05, 3.63) is 200 Å². The Bertz CT molecular complexity index is 3210. The second-order valence-electron chi connectivity index (χ2n) is 13.9. The average Bonchev–Trinajstić information content (AvgIpc) is 3.85. The number of para-hydroxylation sites is 3. The molecule has 0 fully saturated rings. The zero-order valence-electron chi connectivity index (χ0n) is 29.8. The van der Waals surface area contributed by atoms with Gasteiger partial charge in [-0.05, 0) is 76.5 Å². The van der Waals surface area contributed by atoms with Crippen LogP contribution in [0, 0.1) is 0 Å². The summed E-state index contributed by atoms with van der Waals surface area (Å²) < 4.78 is 9.31. The fraction of sp³-hybridized carbons (Fsp3) is 0. The van der Waals surface area contributed by atoms with Crippen molar-refractivity contribution in [2.45, 2.75) is 0 Å². The Labute approximate surface area is 317 Å². The second-order valence-corrected chi connectivity index (χ2v) is 13.9. The molecule has 0 aliphatic rings. The number of hydrogen-bond acceptors (Lipinski definition) is 3. The maximum Gasteiger partial charge on any atom is 0.228 e. The first kappa shape index (κ1) is 31.1. The summed E-state index contributed by atoms with van der Waals surface area (Å²) in [7, 11) is 0. The quantitative estimate of drug-likeness (QED) is 0.173. The van der Waals surface area contributed by atoms with Crippen molar-refractivity contribution in [1.82, 2.24) is 9.55 Å². The summed E-state index contributed by atoms with van der Waals surface area (Å²) in [6, 6.07) is 70.9. The molecule has 4 heteroatoms. The van der Waals surface area contributed by atoms with Crippen LogP contribution in [0.2, 0.25) is 0 Å². The predicted octanol–water partition coefficient (Wildman–Crippen LogP) is 14.0. The summed E-state index contributed by atoms with van der Waals surface area (Å²) in [4.78, 5) is 7.49. The van der Waals surface area contributed by atoms with E-state index in [-0.39, 0.29) is 0 Å². The summed E-state index contributed by atoms with van der Waals surface area (Å²) in [5, 5.41) is 6.93. The Balaban J connectivity index is 1.23. The molecule has 0 aliphatic carbocycles. The molecule has 0 radical (unpaired) electrons. The molecule has 4 nitrogen and oxygen atoms in total. The fourth-order valence-corrected chi connectivity index (χ4v) is 8.33. The van der Waals surface area contributed by atoms with Gasteiger partial charge in [-0.25, -0.2) is 4.98 Å². The van der Waals surface area contributed by atoms with Crippen LogP contribution in [-0.2, 0) is 0 Å². The van der Waals surface area contributed by atoms with Crippen LogP contribution in [0.15, 0.2) is 205 Å². The zero-order chi connectivity index (χ0) is 36.3. The maximum atomic E-state index is 6.91. The number of anilines is 3. The lowest BCUT2D eigenvalue weighted by Gasteiger charge is -2.27. The summed E-state index contributed by atoms with van der Waals surface area (Å²) in [6.07, 6.45) is 0. The van der Waals surface area contributed by atoms with E-state index in [1.807, 2.05) is 6.07 Å². The van der Waals surface area contributed by atoms with Crippen molar-refractivity contribution in [2.75, 3.05) is 4.90 Å². The molecule has 2 aromatic heterocycles. The molecule has 2 heterocycles. The molecule has 55 heavy (non-hydrogen) atoms. The molecule has 0 aliphatic heterocycles. The molecule has 0 N–H and O–H groups in total. The Kier molecular flexibility index (Phi) is 7.14. The van der Waals surface area contributed by atoms with Gasteiger partial charge in [-0.15, -0.1) is 0 Å². The van der Waals surface area contributed by atoms with E-state index < -0.39 is 0 Å². The fourth-order valence-electron chi connectivity index (χ4n) is 8.33. The molecule has 11 aromatic rings. The lowest BCUT2D eigenvalue weighted by Crippen LogP contribution is -2.11. The molecule has 0 amide bonds. The molecule has 0 saturated heterocycles. The first-order chi connectivity index (χ1) is 27.3. The highest BCUT2D eigenvalue weighted by atomic mass is 16.3. The van der Waals surface area contributed by atoms with Crippen molar-refractivity contribution in [1.29, 1.82) is 0 Å². The highest BCUT2D eigenvalue weighted by Gasteiger charge is 2.25. The van der Waals surface area contributed by atoms with E-state index in [4.69, 9.17) is 9.40 Å². The minimum atomic E-state index is 0.600. The van der Waals surface area contributed by atoms with Gasteiger partial charge in [0.15, 0.2) is 5.58 Å². The van der Waals surface area contributed by atoms with E-state index in [9.17, 15) is 0 Å². The van der Waals surface area contributed by atoms with Crippen molar-refractivity contribution in [3.8, 4) is 28.3 Å². The second kappa shape index (κ2) is 12.6. The third-order valence-corrected chi connectivity index (χ3v) is 10.8. The van der Waals surface area contributed by atoms with Crippen molar-refractivity contribution < 1.29 is 4.42 Å². The van der Waals surface area contributed by atoms with Crippen LogP contribution in [0.25, 0.3) is 82.7 Å². The number of nitrogens with zero attached hydrogens (tertiary/aromatic N) is 3. The number of rotatable bonds is 6. The van der Waals surface area contributed by atoms with Crippen molar-refractivity contribution >= 4 is 71.5 Å². The summed E-state index contributed by atoms with van der Waals surface area (Å²) in [6.45, 7) is 0.